The largest absolute Gasteiger partial charge is 0.460 e. The van der Waals surface area contributed by atoms with E-state index in [4.69, 9.17) is 9.47 Å². The highest BCUT2D eigenvalue weighted by Gasteiger charge is 2.27. The molecular weight excluding hydrogens is 286 g/mol. The molecule has 1 N–H and O–H groups in total. The lowest BCUT2D eigenvalue weighted by molar-refractivity contribution is -0.160. The van der Waals surface area contributed by atoms with Gasteiger partial charge >= 0.3 is 11.9 Å². The number of amides is 1. The van der Waals surface area contributed by atoms with E-state index in [2.05, 4.69) is 5.32 Å². The van der Waals surface area contributed by atoms with Crippen LogP contribution in [0.2, 0.25) is 0 Å². The van der Waals surface area contributed by atoms with Crippen molar-refractivity contribution < 1.29 is 23.9 Å². The summed E-state index contributed by atoms with van der Waals surface area (Å²) < 4.78 is 10.5. The molecule has 128 valence electrons. The normalized spacial score (nSPS) is 13.2. The fourth-order valence-electron chi connectivity index (χ4n) is 1.57. The monoisotopic (exact) mass is 315 g/mol. The number of hydrogen-bond donors (Lipinski definition) is 1. The molecule has 0 aliphatic heterocycles. The number of carbonyl (C=O) groups is 3. The molecular formula is C16H29NO5. The maximum Gasteiger partial charge on any atom is 0.329 e. The Bertz CT molecular complexity index is 404. The van der Waals surface area contributed by atoms with Gasteiger partial charge < -0.3 is 14.8 Å². The molecule has 6 heteroatoms. The molecule has 0 spiro atoms. The zero-order chi connectivity index (χ0) is 17.6. The molecule has 0 aliphatic carbocycles. The van der Waals surface area contributed by atoms with Gasteiger partial charge in [0, 0.05) is 12.8 Å². The van der Waals surface area contributed by atoms with Gasteiger partial charge in [0.25, 0.3) is 0 Å². The molecule has 22 heavy (non-hydrogen) atoms. The van der Waals surface area contributed by atoms with Crippen molar-refractivity contribution in [3.63, 3.8) is 0 Å². The summed E-state index contributed by atoms with van der Waals surface area (Å²) in [5.74, 6) is -1.22. The fraction of sp³-hybridized carbons (Fsp3) is 0.812. The van der Waals surface area contributed by atoms with Crippen LogP contribution in [0.15, 0.2) is 0 Å². The van der Waals surface area contributed by atoms with Crippen LogP contribution in [-0.2, 0) is 23.9 Å². The van der Waals surface area contributed by atoms with Gasteiger partial charge in [0.15, 0.2) is 0 Å². The summed E-state index contributed by atoms with van der Waals surface area (Å²) in [6, 6.07) is -0.848. The molecule has 1 atom stereocenters. The van der Waals surface area contributed by atoms with E-state index >= 15 is 0 Å². The molecule has 0 rings (SSSR count). The van der Waals surface area contributed by atoms with Crippen molar-refractivity contribution in [2.45, 2.75) is 85.0 Å². The van der Waals surface area contributed by atoms with E-state index in [-0.39, 0.29) is 25.2 Å². The maximum absolute atomic E-state index is 12.1. The van der Waals surface area contributed by atoms with Crippen LogP contribution in [0.3, 0.4) is 0 Å². The Morgan fingerprint density at radius 2 is 1.45 bits per heavy atom. The number of hydrogen-bond acceptors (Lipinski definition) is 5. The molecule has 0 aromatic carbocycles. The molecule has 6 nitrogen and oxygen atoms in total. The van der Waals surface area contributed by atoms with E-state index in [1.54, 1.807) is 48.5 Å². The van der Waals surface area contributed by atoms with Crippen molar-refractivity contribution in [3.8, 4) is 0 Å². The third-order valence-corrected chi connectivity index (χ3v) is 2.40. The van der Waals surface area contributed by atoms with Gasteiger partial charge in [-0.15, -0.1) is 0 Å². The van der Waals surface area contributed by atoms with Crippen LogP contribution in [0.1, 0.15) is 67.7 Å². The Balaban J connectivity index is 4.70. The average molecular weight is 315 g/mol. The second-order valence-corrected chi connectivity index (χ2v) is 7.13. The Morgan fingerprint density at radius 3 is 1.86 bits per heavy atom. The van der Waals surface area contributed by atoms with Gasteiger partial charge in [-0.05, 0) is 48.0 Å². The van der Waals surface area contributed by atoms with Crippen LogP contribution in [0.4, 0.5) is 0 Å². The van der Waals surface area contributed by atoms with Crippen LogP contribution in [0.5, 0.6) is 0 Å². The van der Waals surface area contributed by atoms with Gasteiger partial charge in [-0.1, -0.05) is 6.92 Å². The van der Waals surface area contributed by atoms with Gasteiger partial charge in [-0.3, -0.25) is 9.59 Å². The second kappa shape index (κ2) is 8.15. The topological polar surface area (TPSA) is 81.7 Å². The van der Waals surface area contributed by atoms with E-state index in [9.17, 15) is 14.4 Å². The first-order chi connectivity index (χ1) is 9.84. The molecule has 0 radical (unpaired) electrons. The van der Waals surface area contributed by atoms with Crippen LogP contribution >= 0.6 is 0 Å². The van der Waals surface area contributed by atoms with Crippen molar-refractivity contribution in [1.82, 2.24) is 5.32 Å². The van der Waals surface area contributed by atoms with Gasteiger partial charge in [-0.25, -0.2) is 4.79 Å². The summed E-state index contributed by atoms with van der Waals surface area (Å²) in [7, 11) is 0. The predicted molar refractivity (Wildman–Crippen MR) is 83.1 cm³/mol. The van der Waals surface area contributed by atoms with E-state index in [1.165, 1.54) is 0 Å². The minimum Gasteiger partial charge on any atom is -0.460 e. The highest BCUT2D eigenvalue weighted by atomic mass is 16.6. The maximum atomic E-state index is 12.1. The average Bonchev–Trinajstić information content (AvgIpc) is 2.29. The SMILES string of the molecule is CCC(=O)N[C@H](CCC(=O)OC(C)(C)C)C(=O)OC(C)(C)C. The van der Waals surface area contributed by atoms with Crippen molar-refractivity contribution in [2.24, 2.45) is 0 Å². The standard InChI is InChI=1S/C16H29NO5/c1-8-12(18)17-11(14(20)22-16(5,6)7)9-10-13(19)21-15(2,3)4/h11H,8-10H2,1-7H3,(H,17,18)/t11-/m1/s1. The Labute approximate surface area is 132 Å². The third-order valence-electron chi connectivity index (χ3n) is 2.40. The first-order valence-electron chi connectivity index (χ1n) is 7.58. The highest BCUT2D eigenvalue weighted by molar-refractivity contribution is 5.85. The lowest BCUT2D eigenvalue weighted by Crippen LogP contribution is -2.44. The number of ether oxygens (including phenoxy) is 2. The van der Waals surface area contributed by atoms with Crippen LogP contribution in [0.25, 0.3) is 0 Å². The van der Waals surface area contributed by atoms with Crippen LogP contribution in [-0.4, -0.2) is 35.1 Å². The summed E-state index contributed by atoms with van der Waals surface area (Å²) in [5.41, 5.74) is -1.23. The van der Waals surface area contributed by atoms with E-state index < -0.39 is 29.2 Å². The van der Waals surface area contributed by atoms with Crippen molar-refractivity contribution in [3.05, 3.63) is 0 Å². The molecule has 0 aromatic heterocycles. The lowest BCUT2D eigenvalue weighted by atomic mass is 10.1. The predicted octanol–water partition coefficient (Wildman–Crippen LogP) is 2.34. The fourth-order valence-corrected chi connectivity index (χ4v) is 1.57. The van der Waals surface area contributed by atoms with Crippen molar-refractivity contribution >= 4 is 17.8 Å². The molecule has 0 bridgehead atoms. The summed E-state index contributed by atoms with van der Waals surface area (Å²) in [5, 5.41) is 2.59. The van der Waals surface area contributed by atoms with E-state index in [0.29, 0.717) is 0 Å². The summed E-state index contributed by atoms with van der Waals surface area (Å²) in [4.78, 5) is 35.4. The van der Waals surface area contributed by atoms with E-state index in [0.717, 1.165) is 0 Å². The minimum absolute atomic E-state index is 0.0329. The van der Waals surface area contributed by atoms with Crippen LogP contribution < -0.4 is 5.32 Å². The van der Waals surface area contributed by atoms with Gasteiger partial charge in [0.2, 0.25) is 5.91 Å². The second-order valence-electron chi connectivity index (χ2n) is 7.13. The van der Waals surface area contributed by atoms with Crippen molar-refractivity contribution in [2.75, 3.05) is 0 Å². The molecule has 0 unspecified atom stereocenters. The molecule has 1 amide bonds. The third kappa shape index (κ3) is 10.2. The Morgan fingerprint density at radius 1 is 0.955 bits per heavy atom. The summed E-state index contributed by atoms with van der Waals surface area (Å²) in [6.45, 7) is 12.3. The Kier molecular flexibility index (Phi) is 7.56. The molecule has 0 heterocycles. The molecule has 0 aliphatic rings. The minimum atomic E-state index is -0.848. The lowest BCUT2D eigenvalue weighted by Gasteiger charge is -2.25. The van der Waals surface area contributed by atoms with Gasteiger partial charge in [-0.2, -0.15) is 0 Å². The summed E-state index contributed by atoms with van der Waals surface area (Å²) in [6.07, 6.45) is 0.437. The van der Waals surface area contributed by atoms with Crippen molar-refractivity contribution in [1.29, 1.82) is 0 Å². The van der Waals surface area contributed by atoms with Gasteiger partial charge in [0.05, 0.1) is 0 Å². The highest BCUT2D eigenvalue weighted by Crippen LogP contribution is 2.13. The Hall–Kier alpha value is -1.59. The molecule has 0 saturated heterocycles. The zero-order valence-electron chi connectivity index (χ0n) is 14.7. The smallest absolute Gasteiger partial charge is 0.329 e. The number of carbonyl (C=O) groups excluding carboxylic acids is 3. The van der Waals surface area contributed by atoms with Gasteiger partial charge in [0.1, 0.15) is 17.2 Å². The molecule has 0 saturated carbocycles. The van der Waals surface area contributed by atoms with E-state index in [1.807, 2.05) is 0 Å². The molecule has 0 aromatic rings. The number of nitrogens with one attached hydrogen (secondary N) is 1. The first kappa shape index (κ1) is 20.4. The van der Waals surface area contributed by atoms with Crippen LogP contribution in [0, 0.1) is 0 Å². The number of esters is 2. The quantitative estimate of drug-likeness (QED) is 0.761. The molecule has 0 fully saturated rings. The first-order valence-corrected chi connectivity index (χ1v) is 7.58. The summed E-state index contributed by atoms with van der Waals surface area (Å²) >= 11 is 0. The zero-order valence-corrected chi connectivity index (χ0v) is 14.7. The number of rotatable bonds is 6.